The molecule has 4 nitrogen and oxygen atoms in total. The fourth-order valence-electron chi connectivity index (χ4n) is 2.38. The molecule has 1 fully saturated rings. The van der Waals surface area contributed by atoms with E-state index < -0.39 is 5.54 Å². The highest BCUT2D eigenvalue weighted by Gasteiger charge is 2.51. The number of aryl methyl sites for hydroxylation is 1. The van der Waals surface area contributed by atoms with Crippen LogP contribution in [0.2, 0.25) is 0 Å². The average Bonchev–Trinajstić information content (AvgIpc) is 3.28. The summed E-state index contributed by atoms with van der Waals surface area (Å²) < 4.78 is 23.8. The van der Waals surface area contributed by atoms with Crippen molar-refractivity contribution >= 4 is 5.97 Å². The van der Waals surface area contributed by atoms with Gasteiger partial charge in [0.15, 0.2) is 5.54 Å². The number of methoxy groups -OCH3 is 1. The third kappa shape index (κ3) is 2.77. The molecule has 1 atom stereocenters. The lowest BCUT2D eigenvalue weighted by atomic mass is 9.94. The van der Waals surface area contributed by atoms with Crippen molar-refractivity contribution in [3.05, 3.63) is 29.6 Å². The highest BCUT2D eigenvalue weighted by atomic mass is 19.1. The lowest BCUT2D eigenvalue weighted by Crippen LogP contribution is -2.57. The van der Waals surface area contributed by atoms with Crippen molar-refractivity contribution in [2.45, 2.75) is 25.3 Å². The van der Waals surface area contributed by atoms with Gasteiger partial charge in [0.25, 0.3) is 0 Å². The summed E-state index contributed by atoms with van der Waals surface area (Å²) in [4.78, 5) is 12.1. The van der Waals surface area contributed by atoms with Crippen molar-refractivity contribution in [1.29, 1.82) is 0 Å². The van der Waals surface area contributed by atoms with Gasteiger partial charge in [-0.25, -0.2) is 9.18 Å². The molecular formula is C15H20FNO3. The molecule has 110 valence electrons. The average molecular weight is 281 g/mol. The summed E-state index contributed by atoms with van der Waals surface area (Å²) >= 11 is 0. The van der Waals surface area contributed by atoms with Crippen molar-refractivity contribution in [2.75, 3.05) is 20.8 Å². The van der Waals surface area contributed by atoms with Crippen molar-refractivity contribution < 1.29 is 18.7 Å². The lowest BCUT2D eigenvalue weighted by Gasteiger charge is -2.30. The molecule has 1 aliphatic carbocycles. The predicted octanol–water partition coefficient (Wildman–Crippen LogP) is 2.05. The monoisotopic (exact) mass is 281 g/mol. The summed E-state index contributed by atoms with van der Waals surface area (Å²) in [5.41, 5.74) is -0.307. The topological polar surface area (TPSA) is 47.6 Å². The Balaban J connectivity index is 2.12. The van der Waals surface area contributed by atoms with Gasteiger partial charge in [-0.3, -0.25) is 0 Å². The number of halogens is 1. The van der Waals surface area contributed by atoms with Crippen LogP contribution in [0.3, 0.4) is 0 Å². The van der Waals surface area contributed by atoms with Gasteiger partial charge in [0.05, 0.1) is 7.11 Å². The zero-order valence-electron chi connectivity index (χ0n) is 12.0. The molecule has 1 aliphatic rings. The van der Waals surface area contributed by atoms with E-state index in [1.807, 2.05) is 0 Å². The molecular weight excluding hydrogens is 261 g/mol. The highest BCUT2D eigenvalue weighted by molar-refractivity contribution is 5.82. The van der Waals surface area contributed by atoms with Gasteiger partial charge >= 0.3 is 5.97 Å². The number of hydrogen-bond acceptors (Lipinski definition) is 4. The molecule has 20 heavy (non-hydrogen) atoms. The van der Waals surface area contributed by atoms with Crippen LogP contribution in [0.4, 0.5) is 4.39 Å². The van der Waals surface area contributed by atoms with Gasteiger partial charge in [-0.15, -0.1) is 0 Å². The van der Waals surface area contributed by atoms with Gasteiger partial charge in [0.2, 0.25) is 0 Å². The molecule has 0 bridgehead atoms. The normalized spacial score (nSPS) is 17.4. The summed E-state index contributed by atoms with van der Waals surface area (Å²) in [5.74, 6) is 0.184. The fourth-order valence-corrected chi connectivity index (χ4v) is 2.38. The van der Waals surface area contributed by atoms with Crippen LogP contribution >= 0.6 is 0 Å². The molecule has 0 saturated heterocycles. The lowest BCUT2D eigenvalue weighted by molar-refractivity contribution is -0.151. The zero-order chi connectivity index (χ0) is 14.8. The van der Waals surface area contributed by atoms with Gasteiger partial charge in [-0.05, 0) is 56.5 Å². The number of rotatable bonds is 6. The molecule has 0 spiro atoms. The number of carbonyl (C=O) groups excluding carboxylic acids is 1. The number of benzene rings is 1. The Morgan fingerprint density at radius 2 is 2.20 bits per heavy atom. The maximum atomic E-state index is 13.2. The second-order valence-electron chi connectivity index (χ2n) is 5.19. The molecule has 0 amide bonds. The molecule has 0 radical (unpaired) electrons. The zero-order valence-corrected chi connectivity index (χ0v) is 12.0. The molecule has 2 rings (SSSR count). The first kappa shape index (κ1) is 14.8. The summed E-state index contributed by atoms with van der Waals surface area (Å²) in [6, 6.07) is 4.55. The van der Waals surface area contributed by atoms with Gasteiger partial charge in [0, 0.05) is 0 Å². The van der Waals surface area contributed by atoms with Gasteiger partial charge in [-0.2, -0.15) is 0 Å². The molecule has 1 saturated carbocycles. The van der Waals surface area contributed by atoms with Crippen LogP contribution in [0, 0.1) is 18.7 Å². The number of carbonyl (C=O) groups is 1. The van der Waals surface area contributed by atoms with E-state index in [4.69, 9.17) is 9.47 Å². The van der Waals surface area contributed by atoms with Gasteiger partial charge < -0.3 is 14.8 Å². The smallest absolute Gasteiger partial charge is 0.329 e. The second kappa shape index (κ2) is 5.79. The predicted molar refractivity (Wildman–Crippen MR) is 73.2 cm³/mol. The quantitative estimate of drug-likeness (QED) is 0.811. The van der Waals surface area contributed by atoms with Crippen LogP contribution in [-0.4, -0.2) is 32.3 Å². The third-order valence-electron chi connectivity index (χ3n) is 3.87. The minimum Gasteiger partial charge on any atom is -0.491 e. The van der Waals surface area contributed by atoms with E-state index in [1.54, 1.807) is 26.1 Å². The van der Waals surface area contributed by atoms with Crippen LogP contribution < -0.4 is 10.1 Å². The number of nitrogens with one attached hydrogen (secondary N) is 1. The highest BCUT2D eigenvalue weighted by Crippen LogP contribution is 2.40. The van der Waals surface area contributed by atoms with E-state index in [1.165, 1.54) is 13.2 Å². The Labute approximate surface area is 118 Å². The van der Waals surface area contributed by atoms with E-state index >= 15 is 0 Å². The molecule has 1 N–H and O–H groups in total. The van der Waals surface area contributed by atoms with E-state index in [0.717, 1.165) is 12.8 Å². The minimum absolute atomic E-state index is 0.173. The Hall–Kier alpha value is -1.62. The molecule has 0 heterocycles. The number of hydrogen-bond donors (Lipinski definition) is 1. The molecule has 1 aromatic rings. The maximum absolute atomic E-state index is 13.2. The SMILES string of the molecule is CNC(COc1ccc(F)c(C)c1)(C(=O)OC)C1CC1. The van der Waals surface area contributed by atoms with Gasteiger partial charge in [0.1, 0.15) is 18.2 Å². The summed E-state index contributed by atoms with van der Waals surface area (Å²) in [6.07, 6.45) is 1.95. The summed E-state index contributed by atoms with van der Waals surface area (Å²) in [6.45, 7) is 1.85. The molecule has 5 heteroatoms. The first-order valence-electron chi connectivity index (χ1n) is 6.70. The Bertz CT molecular complexity index is 502. The van der Waals surface area contributed by atoms with Crippen LogP contribution in [-0.2, 0) is 9.53 Å². The summed E-state index contributed by atoms with van der Waals surface area (Å²) in [5, 5.41) is 3.05. The van der Waals surface area contributed by atoms with Crippen molar-refractivity contribution in [3.63, 3.8) is 0 Å². The number of esters is 1. The van der Waals surface area contributed by atoms with Crippen molar-refractivity contribution in [3.8, 4) is 5.75 Å². The first-order valence-corrected chi connectivity index (χ1v) is 6.70. The van der Waals surface area contributed by atoms with Gasteiger partial charge in [-0.1, -0.05) is 0 Å². The van der Waals surface area contributed by atoms with Crippen molar-refractivity contribution in [1.82, 2.24) is 5.32 Å². The van der Waals surface area contributed by atoms with E-state index in [9.17, 15) is 9.18 Å². The van der Waals surface area contributed by atoms with Crippen molar-refractivity contribution in [2.24, 2.45) is 5.92 Å². The Morgan fingerprint density at radius 3 is 2.70 bits per heavy atom. The number of likely N-dealkylation sites (N-methyl/N-ethyl adjacent to an activating group) is 1. The molecule has 1 unspecified atom stereocenters. The molecule has 0 aromatic heterocycles. The molecule has 1 aromatic carbocycles. The maximum Gasteiger partial charge on any atom is 0.329 e. The largest absolute Gasteiger partial charge is 0.491 e. The number of ether oxygens (including phenoxy) is 2. The van der Waals surface area contributed by atoms with Crippen LogP contribution in [0.5, 0.6) is 5.75 Å². The standard InChI is InChI=1S/C15H20FNO3/c1-10-8-12(6-7-13(10)16)20-9-15(17-2,11-4-5-11)14(18)19-3/h6-8,11,17H,4-5,9H2,1-3H3. The van der Waals surface area contributed by atoms with E-state index in [2.05, 4.69) is 5.32 Å². The summed E-state index contributed by atoms with van der Waals surface area (Å²) in [7, 11) is 3.10. The Kier molecular flexibility index (Phi) is 4.28. The fraction of sp³-hybridized carbons (Fsp3) is 0.533. The second-order valence-corrected chi connectivity index (χ2v) is 5.19. The van der Waals surface area contributed by atoms with Crippen LogP contribution in [0.15, 0.2) is 18.2 Å². The van der Waals surface area contributed by atoms with E-state index in [0.29, 0.717) is 11.3 Å². The van der Waals surface area contributed by atoms with E-state index in [-0.39, 0.29) is 24.3 Å². The molecule has 0 aliphatic heterocycles. The minimum atomic E-state index is -0.822. The third-order valence-corrected chi connectivity index (χ3v) is 3.87. The van der Waals surface area contributed by atoms with Crippen LogP contribution in [0.25, 0.3) is 0 Å². The first-order chi connectivity index (χ1) is 9.53. The van der Waals surface area contributed by atoms with Crippen LogP contribution in [0.1, 0.15) is 18.4 Å². The Morgan fingerprint density at radius 1 is 1.50 bits per heavy atom.